The summed E-state index contributed by atoms with van der Waals surface area (Å²) in [5.41, 5.74) is 0.503. The molecule has 0 aliphatic carbocycles. The molecule has 0 fully saturated rings. The van der Waals surface area contributed by atoms with Gasteiger partial charge in [-0.3, -0.25) is 14.6 Å². The molecule has 0 bridgehead atoms. The average molecular weight is 296 g/mol. The fourth-order valence-corrected chi connectivity index (χ4v) is 1.90. The van der Waals surface area contributed by atoms with Crippen LogP contribution in [0.3, 0.4) is 0 Å². The van der Waals surface area contributed by atoms with E-state index in [-0.39, 0.29) is 12.6 Å². The van der Waals surface area contributed by atoms with Gasteiger partial charge in [-0.05, 0) is 31.9 Å². The predicted molar refractivity (Wildman–Crippen MR) is 65.2 cm³/mol. The number of nitrogens with two attached hydrogens (primary N) is 1. The fraction of sp³-hybridized carbons (Fsp3) is 0.600. The van der Waals surface area contributed by atoms with Gasteiger partial charge in [0, 0.05) is 13.1 Å². The maximum atomic E-state index is 12.3. The Morgan fingerprint density at radius 2 is 2.16 bits per heavy atom. The van der Waals surface area contributed by atoms with E-state index in [1.807, 2.05) is 13.8 Å². The van der Waals surface area contributed by atoms with Crippen LogP contribution in [0.2, 0.25) is 0 Å². The van der Waals surface area contributed by atoms with Crippen LogP contribution < -0.4 is 5.14 Å². The van der Waals surface area contributed by atoms with Crippen molar-refractivity contribution in [1.82, 2.24) is 14.7 Å². The number of carbonyl (C=O) groups excluding carboxylic acids is 1. The minimum atomic E-state index is -4.87. The van der Waals surface area contributed by atoms with Gasteiger partial charge in [0.2, 0.25) is 0 Å². The molecular weight excluding hydrogens is 281 g/mol. The van der Waals surface area contributed by atoms with Gasteiger partial charge in [-0.2, -0.15) is 18.3 Å². The first-order valence-corrected chi connectivity index (χ1v) is 6.32. The predicted octanol–water partition coefficient (Wildman–Crippen LogP) is 1.95. The maximum absolute atomic E-state index is 12.3. The molecule has 0 spiro atoms. The van der Waals surface area contributed by atoms with Crippen molar-refractivity contribution in [3.8, 4) is 0 Å². The van der Waals surface area contributed by atoms with Crippen molar-refractivity contribution in [3.05, 3.63) is 11.8 Å². The molecule has 1 aromatic rings. The number of amides is 1. The first-order chi connectivity index (χ1) is 8.66. The SMILES string of the molecule is CC(C)n1nc(SN)cc1CN(C)C(=O)C(F)(F)F. The summed E-state index contributed by atoms with van der Waals surface area (Å²) in [5, 5.41) is 10.0. The minimum absolute atomic E-state index is 0.0368. The Kier molecular flexibility index (Phi) is 4.86. The van der Waals surface area contributed by atoms with Gasteiger partial charge in [0.15, 0.2) is 0 Å². The van der Waals surface area contributed by atoms with E-state index in [1.54, 1.807) is 10.7 Å². The zero-order chi connectivity index (χ0) is 14.8. The van der Waals surface area contributed by atoms with Gasteiger partial charge in [0.05, 0.1) is 12.2 Å². The van der Waals surface area contributed by atoms with E-state index in [1.165, 1.54) is 0 Å². The molecule has 108 valence electrons. The van der Waals surface area contributed by atoms with Crippen molar-refractivity contribution in [1.29, 1.82) is 0 Å². The first-order valence-electron chi connectivity index (χ1n) is 5.44. The van der Waals surface area contributed by atoms with Crippen LogP contribution in [0.15, 0.2) is 11.1 Å². The summed E-state index contributed by atoms with van der Waals surface area (Å²) >= 11 is 0.905. The summed E-state index contributed by atoms with van der Waals surface area (Å²) in [5.74, 6) is -1.88. The topological polar surface area (TPSA) is 64.2 Å². The lowest BCUT2D eigenvalue weighted by molar-refractivity contribution is -0.184. The van der Waals surface area contributed by atoms with Crippen LogP contribution in [-0.4, -0.2) is 33.8 Å². The molecule has 9 heteroatoms. The third-order valence-corrected chi connectivity index (χ3v) is 2.83. The summed E-state index contributed by atoms with van der Waals surface area (Å²) in [6.45, 7) is 3.50. The molecule has 0 atom stereocenters. The van der Waals surface area contributed by atoms with Crippen LogP contribution >= 0.6 is 11.9 Å². The van der Waals surface area contributed by atoms with Gasteiger partial charge >= 0.3 is 12.1 Å². The van der Waals surface area contributed by atoms with E-state index in [2.05, 4.69) is 5.10 Å². The fourth-order valence-electron chi connectivity index (χ4n) is 1.56. The van der Waals surface area contributed by atoms with Crippen LogP contribution in [0.4, 0.5) is 13.2 Å². The summed E-state index contributed by atoms with van der Waals surface area (Å²) in [6.07, 6.45) is -4.87. The second-order valence-electron chi connectivity index (χ2n) is 4.29. The van der Waals surface area contributed by atoms with Crippen LogP contribution in [0, 0.1) is 0 Å². The highest BCUT2D eigenvalue weighted by Gasteiger charge is 2.41. The second-order valence-corrected chi connectivity index (χ2v) is 4.94. The van der Waals surface area contributed by atoms with Crippen LogP contribution in [-0.2, 0) is 11.3 Å². The summed E-state index contributed by atoms with van der Waals surface area (Å²) < 4.78 is 38.4. The van der Waals surface area contributed by atoms with E-state index in [0.29, 0.717) is 15.6 Å². The molecule has 0 aliphatic rings. The van der Waals surface area contributed by atoms with E-state index in [4.69, 9.17) is 5.14 Å². The molecule has 2 N–H and O–H groups in total. The Morgan fingerprint density at radius 3 is 2.58 bits per heavy atom. The smallest absolute Gasteiger partial charge is 0.332 e. The van der Waals surface area contributed by atoms with Crippen molar-refractivity contribution in [2.24, 2.45) is 5.14 Å². The van der Waals surface area contributed by atoms with Crippen molar-refractivity contribution in [3.63, 3.8) is 0 Å². The van der Waals surface area contributed by atoms with Crippen LogP contribution in [0.1, 0.15) is 25.6 Å². The number of nitrogens with zero attached hydrogens (tertiary/aromatic N) is 3. The zero-order valence-electron chi connectivity index (χ0n) is 10.7. The maximum Gasteiger partial charge on any atom is 0.471 e. The molecule has 0 aromatic carbocycles. The van der Waals surface area contributed by atoms with E-state index in [0.717, 1.165) is 19.0 Å². The minimum Gasteiger partial charge on any atom is -0.332 e. The Balaban J connectivity index is 2.93. The van der Waals surface area contributed by atoms with Crippen LogP contribution in [0.25, 0.3) is 0 Å². The number of rotatable bonds is 4. The van der Waals surface area contributed by atoms with Gasteiger partial charge < -0.3 is 4.90 Å². The van der Waals surface area contributed by atoms with Gasteiger partial charge in [-0.1, -0.05) is 0 Å². The first kappa shape index (κ1) is 15.8. The number of aromatic nitrogens is 2. The Labute approximate surface area is 113 Å². The van der Waals surface area contributed by atoms with E-state index < -0.39 is 12.1 Å². The number of carbonyl (C=O) groups is 1. The number of halogens is 3. The Hall–Kier alpha value is -1.22. The summed E-state index contributed by atoms with van der Waals surface area (Å²) in [7, 11) is 1.10. The number of hydrogen-bond acceptors (Lipinski definition) is 4. The molecule has 0 radical (unpaired) electrons. The highest BCUT2D eigenvalue weighted by atomic mass is 32.2. The lowest BCUT2D eigenvalue weighted by Crippen LogP contribution is -2.38. The lowest BCUT2D eigenvalue weighted by atomic mass is 10.3. The molecule has 1 aromatic heterocycles. The molecule has 5 nitrogen and oxygen atoms in total. The molecule has 0 aliphatic heterocycles. The third kappa shape index (κ3) is 3.87. The molecule has 1 rings (SSSR count). The molecule has 0 unspecified atom stereocenters. The Morgan fingerprint density at radius 1 is 1.58 bits per heavy atom. The molecule has 1 amide bonds. The lowest BCUT2D eigenvalue weighted by Gasteiger charge is -2.20. The van der Waals surface area contributed by atoms with Crippen molar-refractivity contribution < 1.29 is 18.0 Å². The van der Waals surface area contributed by atoms with Gasteiger partial charge in [0.25, 0.3) is 0 Å². The standard InChI is InChI=1S/C10H15F3N4OS/c1-6(2)17-7(4-8(15-17)19-14)5-16(3)9(18)10(11,12)13/h4,6H,5,14H2,1-3H3. The number of hydrogen-bond donors (Lipinski definition) is 1. The largest absolute Gasteiger partial charge is 0.471 e. The molecule has 19 heavy (non-hydrogen) atoms. The average Bonchev–Trinajstić information content (AvgIpc) is 2.70. The quantitative estimate of drug-likeness (QED) is 0.863. The molecular formula is C10H15F3N4OS. The zero-order valence-corrected chi connectivity index (χ0v) is 11.5. The van der Waals surface area contributed by atoms with E-state index >= 15 is 0 Å². The third-order valence-electron chi connectivity index (χ3n) is 2.39. The van der Waals surface area contributed by atoms with Gasteiger partial charge in [-0.15, -0.1) is 0 Å². The highest BCUT2D eigenvalue weighted by Crippen LogP contribution is 2.21. The number of alkyl halides is 3. The van der Waals surface area contributed by atoms with Gasteiger partial charge in [-0.25, -0.2) is 0 Å². The van der Waals surface area contributed by atoms with Crippen molar-refractivity contribution in [2.45, 2.75) is 37.6 Å². The summed E-state index contributed by atoms with van der Waals surface area (Å²) in [4.78, 5) is 11.7. The summed E-state index contributed by atoms with van der Waals surface area (Å²) in [6, 6.07) is 1.54. The second kappa shape index (κ2) is 5.83. The van der Waals surface area contributed by atoms with Crippen molar-refractivity contribution in [2.75, 3.05) is 7.05 Å². The molecule has 1 heterocycles. The van der Waals surface area contributed by atoms with Crippen molar-refractivity contribution >= 4 is 17.9 Å². The molecule has 0 saturated heterocycles. The monoisotopic (exact) mass is 296 g/mol. The Bertz CT molecular complexity index is 458. The molecule has 0 saturated carbocycles. The van der Waals surface area contributed by atoms with Crippen LogP contribution in [0.5, 0.6) is 0 Å². The normalized spacial score (nSPS) is 12.0. The van der Waals surface area contributed by atoms with E-state index in [9.17, 15) is 18.0 Å². The highest BCUT2D eigenvalue weighted by molar-refractivity contribution is 7.97. The van der Waals surface area contributed by atoms with Gasteiger partial charge in [0.1, 0.15) is 5.03 Å².